The lowest BCUT2D eigenvalue weighted by molar-refractivity contribution is 0.132. The van der Waals surface area contributed by atoms with E-state index in [0.29, 0.717) is 13.0 Å². The minimum Gasteiger partial charge on any atom is -0.391 e. The molecule has 0 aliphatic carbocycles. The van der Waals surface area contributed by atoms with Gasteiger partial charge in [-0.3, -0.25) is 0 Å². The van der Waals surface area contributed by atoms with Gasteiger partial charge in [0.05, 0.1) is 17.5 Å². The summed E-state index contributed by atoms with van der Waals surface area (Å²) in [5.41, 5.74) is 3.93. The molecule has 0 bridgehead atoms. The van der Waals surface area contributed by atoms with Gasteiger partial charge in [-0.2, -0.15) is 0 Å². The third-order valence-electron chi connectivity index (χ3n) is 3.23. The Morgan fingerprint density at radius 1 is 0.955 bits per heavy atom. The summed E-state index contributed by atoms with van der Waals surface area (Å²) in [6.45, 7) is 0.441. The quantitative estimate of drug-likeness (QED) is 0.512. The number of oxime groups is 1. The zero-order chi connectivity index (χ0) is 15.0. The number of hydrogen-bond donors (Lipinski definition) is 0. The van der Waals surface area contributed by atoms with Crippen LogP contribution in [0.1, 0.15) is 22.4 Å². The van der Waals surface area contributed by atoms with Crippen molar-refractivity contribution in [1.29, 1.82) is 0 Å². The summed E-state index contributed by atoms with van der Waals surface area (Å²) in [6.07, 6.45) is 3.92. The molecule has 22 heavy (non-hydrogen) atoms. The molecular formula is C18H16N2O2. The van der Waals surface area contributed by atoms with Crippen LogP contribution in [0.25, 0.3) is 0 Å². The van der Waals surface area contributed by atoms with Crippen LogP contribution in [-0.2, 0) is 17.9 Å². The molecule has 0 saturated carbocycles. The van der Waals surface area contributed by atoms with Crippen LogP contribution in [0.5, 0.6) is 0 Å². The Bertz CT molecular complexity index is 721. The minimum absolute atomic E-state index is 0.441. The molecule has 0 N–H and O–H groups in total. The first kappa shape index (κ1) is 14.1. The summed E-state index contributed by atoms with van der Waals surface area (Å²) >= 11 is 0. The molecule has 3 rings (SSSR count). The van der Waals surface area contributed by atoms with Crippen molar-refractivity contribution in [1.82, 2.24) is 5.16 Å². The molecule has 2 aromatic carbocycles. The van der Waals surface area contributed by atoms with Crippen molar-refractivity contribution < 1.29 is 9.36 Å². The number of benzene rings is 2. The topological polar surface area (TPSA) is 47.6 Å². The van der Waals surface area contributed by atoms with E-state index in [9.17, 15) is 0 Å². The number of nitrogens with zero attached hydrogens (tertiary/aromatic N) is 2. The molecule has 4 heteroatoms. The Hall–Kier alpha value is -2.88. The lowest BCUT2D eigenvalue weighted by Gasteiger charge is -1.99. The number of aromatic nitrogens is 1. The monoisotopic (exact) mass is 292 g/mol. The second-order valence-electron chi connectivity index (χ2n) is 4.87. The zero-order valence-electron chi connectivity index (χ0n) is 12.1. The van der Waals surface area contributed by atoms with Crippen LogP contribution in [-0.4, -0.2) is 11.4 Å². The van der Waals surface area contributed by atoms with E-state index < -0.39 is 0 Å². The first-order chi connectivity index (χ1) is 10.9. The molecule has 4 nitrogen and oxygen atoms in total. The van der Waals surface area contributed by atoms with E-state index in [1.165, 1.54) is 5.56 Å². The van der Waals surface area contributed by atoms with Crippen LogP contribution in [0.3, 0.4) is 0 Å². The highest BCUT2D eigenvalue weighted by atomic mass is 16.6. The molecule has 0 unspecified atom stereocenters. The van der Waals surface area contributed by atoms with Gasteiger partial charge in [0, 0.05) is 6.42 Å². The Morgan fingerprint density at radius 2 is 1.64 bits per heavy atom. The van der Waals surface area contributed by atoms with Crippen molar-refractivity contribution >= 4 is 6.21 Å². The van der Waals surface area contributed by atoms with Gasteiger partial charge in [-0.1, -0.05) is 71.0 Å². The lowest BCUT2D eigenvalue weighted by atomic mass is 10.1. The van der Waals surface area contributed by atoms with Crippen molar-refractivity contribution in [3.8, 4) is 0 Å². The molecule has 0 spiro atoms. The Kier molecular flexibility index (Phi) is 4.62. The van der Waals surface area contributed by atoms with E-state index in [1.807, 2.05) is 48.5 Å². The van der Waals surface area contributed by atoms with Gasteiger partial charge in [-0.25, -0.2) is 0 Å². The van der Waals surface area contributed by atoms with Crippen molar-refractivity contribution in [2.24, 2.45) is 5.16 Å². The first-order valence-electron chi connectivity index (χ1n) is 7.08. The SMILES string of the molecule is C(=N\OCc1ccccc1)/c1conc1Cc1ccccc1. The highest BCUT2D eigenvalue weighted by Crippen LogP contribution is 2.11. The van der Waals surface area contributed by atoms with Crippen LogP contribution in [0.15, 0.2) is 76.6 Å². The highest BCUT2D eigenvalue weighted by Gasteiger charge is 2.06. The smallest absolute Gasteiger partial charge is 0.142 e. The summed E-state index contributed by atoms with van der Waals surface area (Å²) in [5.74, 6) is 0. The average molecular weight is 292 g/mol. The fourth-order valence-corrected chi connectivity index (χ4v) is 2.08. The first-order valence-corrected chi connectivity index (χ1v) is 7.08. The van der Waals surface area contributed by atoms with E-state index in [0.717, 1.165) is 16.8 Å². The summed E-state index contributed by atoms with van der Waals surface area (Å²) in [6, 6.07) is 20.0. The van der Waals surface area contributed by atoms with E-state index >= 15 is 0 Å². The second kappa shape index (κ2) is 7.22. The molecule has 110 valence electrons. The average Bonchev–Trinajstić information content (AvgIpc) is 3.01. The van der Waals surface area contributed by atoms with Gasteiger partial charge in [-0.15, -0.1) is 0 Å². The maximum atomic E-state index is 5.30. The van der Waals surface area contributed by atoms with Crippen LogP contribution in [0.2, 0.25) is 0 Å². The standard InChI is InChI=1S/C18H16N2O2/c1-3-7-15(8-4-1)11-18-17(14-22-20-18)12-19-21-13-16-9-5-2-6-10-16/h1-10,12,14H,11,13H2/b19-12+. The Labute approximate surface area is 129 Å². The van der Waals surface area contributed by atoms with Crippen LogP contribution in [0, 0.1) is 0 Å². The minimum atomic E-state index is 0.441. The van der Waals surface area contributed by atoms with Gasteiger partial charge in [0.2, 0.25) is 0 Å². The molecule has 0 atom stereocenters. The molecule has 0 aliphatic rings. The molecule has 0 fully saturated rings. The van der Waals surface area contributed by atoms with Crippen molar-refractivity contribution in [2.45, 2.75) is 13.0 Å². The number of rotatable bonds is 6. The molecule has 0 aliphatic heterocycles. The maximum Gasteiger partial charge on any atom is 0.142 e. The molecule has 3 aromatic rings. The van der Waals surface area contributed by atoms with Gasteiger partial charge in [-0.05, 0) is 11.1 Å². The highest BCUT2D eigenvalue weighted by molar-refractivity contribution is 5.80. The van der Waals surface area contributed by atoms with Crippen LogP contribution in [0.4, 0.5) is 0 Å². The molecular weight excluding hydrogens is 276 g/mol. The van der Waals surface area contributed by atoms with Crippen LogP contribution >= 0.6 is 0 Å². The van der Waals surface area contributed by atoms with Crippen LogP contribution < -0.4 is 0 Å². The fraction of sp³-hybridized carbons (Fsp3) is 0.111. The molecule has 1 heterocycles. The van der Waals surface area contributed by atoms with Crippen molar-refractivity contribution in [3.05, 3.63) is 89.3 Å². The van der Waals surface area contributed by atoms with Crippen molar-refractivity contribution in [2.75, 3.05) is 0 Å². The van der Waals surface area contributed by atoms with Gasteiger partial charge >= 0.3 is 0 Å². The largest absolute Gasteiger partial charge is 0.391 e. The fourth-order valence-electron chi connectivity index (χ4n) is 2.08. The van der Waals surface area contributed by atoms with Gasteiger partial charge in [0.15, 0.2) is 0 Å². The Morgan fingerprint density at radius 3 is 2.36 bits per heavy atom. The lowest BCUT2D eigenvalue weighted by Crippen LogP contribution is -1.94. The van der Waals surface area contributed by atoms with Gasteiger partial charge in [0.1, 0.15) is 12.9 Å². The maximum absolute atomic E-state index is 5.30. The van der Waals surface area contributed by atoms with E-state index in [1.54, 1.807) is 12.5 Å². The molecule has 0 radical (unpaired) electrons. The van der Waals surface area contributed by atoms with Gasteiger partial charge in [0.25, 0.3) is 0 Å². The Balaban J connectivity index is 1.59. The summed E-state index contributed by atoms with van der Waals surface area (Å²) in [5, 5.41) is 8.01. The van der Waals surface area contributed by atoms with E-state index in [-0.39, 0.29) is 0 Å². The normalized spacial score (nSPS) is 10.9. The predicted octanol–water partition coefficient (Wildman–Crippen LogP) is 3.82. The zero-order valence-corrected chi connectivity index (χ0v) is 12.1. The van der Waals surface area contributed by atoms with E-state index in [2.05, 4.69) is 22.4 Å². The second-order valence-corrected chi connectivity index (χ2v) is 4.87. The van der Waals surface area contributed by atoms with Crippen molar-refractivity contribution in [3.63, 3.8) is 0 Å². The molecule has 0 amide bonds. The molecule has 0 saturated heterocycles. The summed E-state index contributed by atoms with van der Waals surface area (Å²) < 4.78 is 5.04. The third-order valence-corrected chi connectivity index (χ3v) is 3.23. The van der Waals surface area contributed by atoms with E-state index in [4.69, 9.17) is 9.36 Å². The predicted molar refractivity (Wildman–Crippen MR) is 84.6 cm³/mol. The third kappa shape index (κ3) is 3.82. The summed E-state index contributed by atoms with van der Waals surface area (Å²) in [7, 11) is 0. The molecule has 1 aromatic heterocycles. The summed E-state index contributed by atoms with van der Waals surface area (Å²) in [4.78, 5) is 5.30. The number of hydrogen-bond acceptors (Lipinski definition) is 4. The van der Waals surface area contributed by atoms with Gasteiger partial charge < -0.3 is 9.36 Å².